The van der Waals surface area contributed by atoms with E-state index in [2.05, 4.69) is 12.2 Å². The van der Waals surface area contributed by atoms with Crippen molar-refractivity contribution in [3.8, 4) is 0 Å². The lowest BCUT2D eigenvalue weighted by Crippen LogP contribution is -2.41. The minimum Gasteiger partial charge on any atom is -0.467 e. The standard InChI is InChI=1S/C12H20N2O2/c1-3-4-6-10(13)12(15)14-9(2)11-7-5-8-16-11/h5,7-10H,3-4,6,13H2,1-2H3,(H,14,15)/t9-,10-/m0/s1. The number of nitrogens with one attached hydrogen (secondary N) is 1. The SMILES string of the molecule is CCCC[C@H](N)C(=O)N[C@@H](C)c1ccco1. The van der Waals surface area contributed by atoms with Crippen LogP contribution in [0.3, 0.4) is 0 Å². The van der Waals surface area contributed by atoms with Crippen LogP contribution in [-0.4, -0.2) is 11.9 Å². The number of hydrogen-bond acceptors (Lipinski definition) is 3. The van der Waals surface area contributed by atoms with Crippen LogP contribution in [0.1, 0.15) is 44.9 Å². The van der Waals surface area contributed by atoms with Gasteiger partial charge in [0.05, 0.1) is 18.3 Å². The predicted octanol–water partition coefficient (Wildman–Crippen LogP) is 1.97. The van der Waals surface area contributed by atoms with Crippen LogP contribution in [0.2, 0.25) is 0 Å². The van der Waals surface area contributed by atoms with Crippen molar-refractivity contribution in [2.24, 2.45) is 5.73 Å². The molecule has 1 aromatic rings. The summed E-state index contributed by atoms with van der Waals surface area (Å²) in [7, 11) is 0. The fraction of sp³-hybridized carbons (Fsp3) is 0.583. The van der Waals surface area contributed by atoms with E-state index >= 15 is 0 Å². The van der Waals surface area contributed by atoms with E-state index in [1.165, 1.54) is 0 Å². The van der Waals surface area contributed by atoms with Crippen LogP contribution in [0.25, 0.3) is 0 Å². The number of rotatable bonds is 6. The van der Waals surface area contributed by atoms with Gasteiger partial charge in [-0.15, -0.1) is 0 Å². The summed E-state index contributed by atoms with van der Waals surface area (Å²) in [5, 5.41) is 2.83. The Hall–Kier alpha value is -1.29. The third-order valence-electron chi connectivity index (χ3n) is 2.53. The molecule has 0 aromatic carbocycles. The van der Waals surface area contributed by atoms with E-state index in [1.807, 2.05) is 13.0 Å². The molecule has 0 spiro atoms. The number of carbonyl (C=O) groups is 1. The number of nitrogens with two attached hydrogens (primary N) is 1. The summed E-state index contributed by atoms with van der Waals surface area (Å²) >= 11 is 0. The monoisotopic (exact) mass is 224 g/mol. The maximum Gasteiger partial charge on any atom is 0.237 e. The van der Waals surface area contributed by atoms with Gasteiger partial charge in [-0.25, -0.2) is 0 Å². The number of carbonyl (C=O) groups excluding carboxylic acids is 1. The number of amides is 1. The second-order valence-corrected chi connectivity index (χ2v) is 3.99. The van der Waals surface area contributed by atoms with Gasteiger partial charge in [0.1, 0.15) is 5.76 Å². The minimum absolute atomic E-state index is 0.114. The molecule has 0 fully saturated rings. The van der Waals surface area contributed by atoms with Gasteiger partial charge < -0.3 is 15.5 Å². The van der Waals surface area contributed by atoms with E-state index in [4.69, 9.17) is 10.2 Å². The van der Waals surface area contributed by atoms with E-state index in [1.54, 1.807) is 12.3 Å². The molecule has 0 aliphatic carbocycles. The van der Waals surface area contributed by atoms with Crippen molar-refractivity contribution >= 4 is 5.91 Å². The Bertz CT molecular complexity index is 309. The summed E-state index contributed by atoms with van der Waals surface area (Å²) in [5.41, 5.74) is 5.76. The van der Waals surface area contributed by atoms with Gasteiger partial charge in [0.25, 0.3) is 0 Å². The van der Waals surface area contributed by atoms with Crippen LogP contribution in [0.15, 0.2) is 22.8 Å². The average Bonchev–Trinajstić information content (AvgIpc) is 2.79. The van der Waals surface area contributed by atoms with Gasteiger partial charge in [-0.1, -0.05) is 19.8 Å². The predicted molar refractivity (Wildman–Crippen MR) is 62.8 cm³/mol. The molecule has 0 saturated carbocycles. The van der Waals surface area contributed by atoms with Crippen molar-refractivity contribution in [2.45, 2.75) is 45.2 Å². The third-order valence-corrected chi connectivity index (χ3v) is 2.53. The molecule has 90 valence electrons. The van der Waals surface area contributed by atoms with Gasteiger partial charge in [-0.3, -0.25) is 4.79 Å². The molecule has 1 aromatic heterocycles. The first kappa shape index (κ1) is 12.8. The highest BCUT2D eigenvalue weighted by atomic mass is 16.3. The molecular formula is C12H20N2O2. The highest BCUT2D eigenvalue weighted by Gasteiger charge is 2.17. The van der Waals surface area contributed by atoms with Crippen LogP contribution in [0.5, 0.6) is 0 Å². The Morgan fingerprint density at radius 2 is 2.38 bits per heavy atom. The van der Waals surface area contributed by atoms with Crippen LogP contribution in [0, 0.1) is 0 Å². The Labute approximate surface area is 96.2 Å². The molecule has 0 aliphatic rings. The smallest absolute Gasteiger partial charge is 0.237 e. The fourth-order valence-corrected chi connectivity index (χ4v) is 1.48. The second kappa shape index (κ2) is 6.33. The van der Waals surface area contributed by atoms with Crippen molar-refractivity contribution in [1.29, 1.82) is 0 Å². The van der Waals surface area contributed by atoms with Crippen LogP contribution >= 0.6 is 0 Å². The van der Waals surface area contributed by atoms with Crippen molar-refractivity contribution in [1.82, 2.24) is 5.32 Å². The lowest BCUT2D eigenvalue weighted by molar-refractivity contribution is -0.123. The van der Waals surface area contributed by atoms with Gasteiger partial charge >= 0.3 is 0 Å². The quantitative estimate of drug-likeness (QED) is 0.776. The minimum atomic E-state index is -0.419. The molecule has 0 aliphatic heterocycles. The maximum absolute atomic E-state index is 11.7. The van der Waals surface area contributed by atoms with Crippen molar-refractivity contribution < 1.29 is 9.21 Å². The Balaban J connectivity index is 2.39. The number of furan rings is 1. The van der Waals surface area contributed by atoms with Gasteiger partial charge in [0.2, 0.25) is 5.91 Å². The maximum atomic E-state index is 11.7. The van der Waals surface area contributed by atoms with Crippen molar-refractivity contribution in [3.63, 3.8) is 0 Å². The van der Waals surface area contributed by atoms with Gasteiger partial charge in [-0.05, 0) is 25.5 Å². The van der Waals surface area contributed by atoms with E-state index in [-0.39, 0.29) is 11.9 Å². The molecule has 4 heteroatoms. The van der Waals surface area contributed by atoms with E-state index in [0.29, 0.717) is 0 Å². The Morgan fingerprint density at radius 3 is 2.94 bits per heavy atom. The molecule has 1 heterocycles. The van der Waals surface area contributed by atoms with E-state index < -0.39 is 6.04 Å². The molecular weight excluding hydrogens is 204 g/mol. The van der Waals surface area contributed by atoms with E-state index in [0.717, 1.165) is 25.0 Å². The highest BCUT2D eigenvalue weighted by Crippen LogP contribution is 2.12. The lowest BCUT2D eigenvalue weighted by atomic mass is 10.1. The fourth-order valence-electron chi connectivity index (χ4n) is 1.48. The zero-order valence-electron chi connectivity index (χ0n) is 9.90. The molecule has 3 N–H and O–H groups in total. The summed E-state index contributed by atoms with van der Waals surface area (Å²) in [4.78, 5) is 11.7. The number of unbranched alkanes of at least 4 members (excludes halogenated alkanes) is 1. The first-order valence-electron chi connectivity index (χ1n) is 5.74. The molecule has 2 atom stereocenters. The molecule has 1 amide bonds. The molecule has 4 nitrogen and oxygen atoms in total. The highest BCUT2D eigenvalue weighted by molar-refractivity contribution is 5.81. The molecule has 0 radical (unpaired) electrons. The average molecular weight is 224 g/mol. The van der Waals surface area contributed by atoms with Gasteiger partial charge in [0.15, 0.2) is 0 Å². The molecule has 0 unspecified atom stereocenters. The number of hydrogen-bond donors (Lipinski definition) is 2. The van der Waals surface area contributed by atoms with Crippen molar-refractivity contribution in [3.05, 3.63) is 24.2 Å². The summed E-state index contributed by atoms with van der Waals surface area (Å²) in [5.74, 6) is 0.633. The zero-order valence-corrected chi connectivity index (χ0v) is 9.90. The zero-order chi connectivity index (χ0) is 12.0. The Kier molecular flexibility index (Phi) is 5.05. The van der Waals surface area contributed by atoms with Crippen LogP contribution in [-0.2, 0) is 4.79 Å². The first-order valence-corrected chi connectivity index (χ1v) is 5.74. The lowest BCUT2D eigenvalue weighted by Gasteiger charge is -2.15. The van der Waals surface area contributed by atoms with Crippen LogP contribution in [0.4, 0.5) is 0 Å². The second-order valence-electron chi connectivity index (χ2n) is 3.99. The van der Waals surface area contributed by atoms with Gasteiger partial charge in [0, 0.05) is 0 Å². The summed E-state index contributed by atoms with van der Waals surface area (Å²) < 4.78 is 5.20. The normalized spacial score (nSPS) is 14.4. The summed E-state index contributed by atoms with van der Waals surface area (Å²) in [6.45, 7) is 3.96. The first-order chi connectivity index (χ1) is 7.65. The van der Waals surface area contributed by atoms with E-state index in [9.17, 15) is 4.79 Å². The summed E-state index contributed by atoms with van der Waals surface area (Å²) in [6, 6.07) is 3.09. The largest absolute Gasteiger partial charge is 0.467 e. The third kappa shape index (κ3) is 3.70. The molecule has 16 heavy (non-hydrogen) atoms. The molecule has 0 bridgehead atoms. The van der Waals surface area contributed by atoms with Gasteiger partial charge in [-0.2, -0.15) is 0 Å². The topological polar surface area (TPSA) is 68.3 Å². The molecule has 0 saturated heterocycles. The van der Waals surface area contributed by atoms with Crippen molar-refractivity contribution in [2.75, 3.05) is 0 Å². The molecule has 1 rings (SSSR count). The Morgan fingerprint density at radius 1 is 1.62 bits per heavy atom. The summed E-state index contributed by atoms with van der Waals surface area (Å²) in [6.07, 6.45) is 4.35. The van der Waals surface area contributed by atoms with Crippen LogP contribution < -0.4 is 11.1 Å².